The van der Waals surface area contributed by atoms with Gasteiger partial charge in [-0.05, 0) is 49.3 Å². The van der Waals surface area contributed by atoms with Gasteiger partial charge in [-0.25, -0.2) is 0 Å². The fourth-order valence-corrected chi connectivity index (χ4v) is 3.85. The number of carboxylic acid groups (broad SMARTS) is 1. The SMILES string of the molecule is O=C(N[C@H]1CCCCC[C@H]1C(=O)O)c1cccc2c1CCC2. The molecule has 2 aliphatic carbocycles. The fourth-order valence-electron chi connectivity index (χ4n) is 3.85. The molecule has 2 atom stereocenters. The van der Waals surface area contributed by atoms with Gasteiger partial charge in [0.2, 0.25) is 0 Å². The van der Waals surface area contributed by atoms with E-state index >= 15 is 0 Å². The van der Waals surface area contributed by atoms with Crippen molar-refractivity contribution in [3.05, 3.63) is 34.9 Å². The second-order valence-electron chi connectivity index (χ2n) is 6.46. The predicted octanol–water partition coefficient (Wildman–Crippen LogP) is 2.94. The van der Waals surface area contributed by atoms with Crippen LogP contribution in [0.2, 0.25) is 0 Å². The summed E-state index contributed by atoms with van der Waals surface area (Å²) in [5.74, 6) is -1.34. The molecule has 3 rings (SSSR count). The lowest BCUT2D eigenvalue weighted by Crippen LogP contribution is -2.43. The molecule has 1 aromatic rings. The third-order valence-corrected chi connectivity index (χ3v) is 5.04. The number of amides is 1. The van der Waals surface area contributed by atoms with Gasteiger partial charge >= 0.3 is 5.97 Å². The Kier molecular flexibility index (Phi) is 4.46. The summed E-state index contributed by atoms with van der Waals surface area (Å²) in [4.78, 5) is 24.1. The maximum absolute atomic E-state index is 12.6. The van der Waals surface area contributed by atoms with Crippen LogP contribution in [-0.2, 0) is 17.6 Å². The molecule has 0 bridgehead atoms. The molecule has 0 radical (unpaired) electrons. The monoisotopic (exact) mass is 301 g/mol. The van der Waals surface area contributed by atoms with Crippen molar-refractivity contribution in [2.75, 3.05) is 0 Å². The first kappa shape index (κ1) is 15.1. The van der Waals surface area contributed by atoms with Crippen molar-refractivity contribution in [2.24, 2.45) is 5.92 Å². The summed E-state index contributed by atoms with van der Waals surface area (Å²) in [6, 6.07) is 5.64. The minimum absolute atomic E-state index is 0.100. The maximum atomic E-state index is 12.6. The van der Waals surface area contributed by atoms with E-state index in [9.17, 15) is 14.7 Å². The number of hydrogen-bond acceptors (Lipinski definition) is 2. The molecule has 2 aliphatic rings. The Labute approximate surface area is 130 Å². The number of rotatable bonds is 3. The van der Waals surface area contributed by atoms with E-state index in [2.05, 4.69) is 11.4 Å². The van der Waals surface area contributed by atoms with Gasteiger partial charge in [-0.3, -0.25) is 9.59 Å². The number of aryl methyl sites for hydroxylation is 1. The summed E-state index contributed by atoms with van der Waals surface area (Å²) < 4.78 is 0. The minimum Gasteiger partial charge on any atom is -0.481 e. The van der Waals surface area contributed by atoms with Crippen LogP contribution in [0.5, 0.6) is 0 Å². The molecule has 1 saturated carbocycles. The molecule has 0 aromatic heterocycles. The van der Waals surface area contributed by atoms with E-state index in [1.54, 1.807) is 0 Å². The number of carbonyl (C=O) groups excluding carboxylic acids is 1. The van der Waals surface area contributed by atoms with Gasteiger partial charge in [-0.1, -0.05) is 31.4 Å². The predicted molar refractivity (Wildman–Crippen MR) is 83.9 cm³/mol. The van der Waals surface area contributed by atoms with Gasteiger partial charge in [0.1, 0.15) is 0 Å². The van der Waals surface area contributed by atoms with Crippen molar-refractivity contribution >= 4 is 11.9 Å². The van der Waals surface area contributed by atoms with Crippen molar-refractivity contribution in [1.29, 1.82) is 0 Å². The van der Waals surface area contributed by atoms with Gasteiger partial charge in [0, 0.05) is 11.6 Å². The lowest BCUT2D eigenvalue weighted by atomic mass is 9.94. The van der Waals surface area contributed by atoms with Crippen molar-refractivity contribution in [1.82, 2.24) is 5.32 Å². The topological polar surface area (TPSA) is 66.4 Å². The van der Waals surface area contributed by atoms with Gasteiger partial charge in [-0.15, -0.1) is 0 Å². The van der Waals surface area contributed by atoms with Gasteiger partial charge < -0.3 is 10.4 Å². The molecular weight excluding hydrogens is 278 g/mol. The standard InChI is InChI=1S/C18H23NO3/c20-17(14-10-5-7-12-6-4-9-13(12)14)19-16-11-3-1-2-8-15(16)18(21)22/h5,7,10,15-16H,1-4,6,8-9,11H2,(H,19,20)(H,21,22)/t15-,16+/m1/s1. The lowest BCUT2D eigenvalue weighted by Gasteiger charge is -2.23. The summed E-state index contributed by atoms with van der Waals surface area (Å²) in [5.41, 5.74) is 3.16. The Bertz CT molecular complexity index is 582. The Morgan fingerprint density at radius 1 is 1.05 bits per heavy atom. The summed E-state index contributed by atoms with van der Waals surface area (Å²) >= 11 is 0. The highest BCUT2D eigenvalue weighted by Gasteiger charge is 2.31. The molecule has 1 aromatic carbocycles. The van der Waals surface area contributed by atoms with Crippen LogP contribution in [0.25, 0.3) is 0 Å². The quantitative estimate of drug-likeness (QED) is 0.844. The fraction of sp³-hybridized carbons (Fsp3) is 0.556. The van der Waals surface area contributed by atoms with Crippen LogP contribution in [0.1, 0.15) is 60.0 Å². The first-order chi connectivity index (χ1) is 10.7. The maximum Gasteiger partial charge on any atom is 0.308 e. The van der Waals surface area contributed by atoms with Crippen molar-refractivity contribution in [3.8, 4) is 0 Å². The smallest absolute Gasteiger partial charge is 0.308 e. The van der Waals surface area contributed by atoms with E-state index in [4.69, 9.17) is 0 Å². The summed E-state index contributed by atoms with van der Waals surface area (Å²) in [6.07, 6.45) is 7.48. The zero-order chi connectivity index (χ0) is 15.5. The molecule has 2 N–H and O–H groups in total. The second-order valence-corrected chi connectivity index (χ2v) is 6.46. The van der Waals surface area contributed by atoms with Crippen LogP contribution in [-0.4, -0.2) is 23.0 Å². The normalized spacial score (nSPS) is 24.4. The van der Waals surface area contributed by atoms with E-state index in [-0.39, 0.29) is 11.9 Å². The Hall–Kier alpha value is -1.84. The molecule has 0 unspecified atom stereocenters. The number of fused-ring (bicyclic) bond motifs is 1. The van der Waals surface area contributed by atoms with Crippen LogP contribution in [0.15, 0.2) is 18.2 Å². The molecular formula is C18H23NO3. The van der Waals surface area contributed by atoms with Crippen LogP contribution in [0.4, 0.5) is 0 Å². The first-order valence-electron chi connectivity index (χ1n) is 8.31. The van der Waals surface area contributed by atoms with E-state index < -0.39 is 11.9 Å². The van der Waals surface area contributed by atoms with E-state index in [0.717, 1.165) is 56.1 Å². The highest BCUT2D eigenvalue weighted by atomic mass is 16.4. The zero-order valence-electron chi connectivity index (χ0n) is 12.8. The van der Waals surface area contributed by atoms with Crippen LogP contribution in [0, 0.1) is 5.92 Å². The zero-order valence-corrected chi connectivity index (χ0v) is 12.8. The van der Waals surface area contributed by atoms with E-state index in [1.165, 1.54) is 5.56 Å². The van der Waals surface area contributed by atoms with Gasteiger partial charge in [-0.2, -0.15) is 0 Å². The molecule has 1 fully saturated rings. The van der Waals surface area contributed by atoms with Crippen LogP contribution < -0.4 is 5.32 Å². The second kappa shape index (κ2) is 6.51. The van der Waals surface area contributed by atoms with E-state index in [0.29, 0.717) is 6.42 Å². The Balaban J connectivity index is 1.78. The van der Waals surface area contributed by atoms with Gasteiger partial charge in [0.25, 0.3) is 5.91 Å². The van der Waals surface area contributed by atoms with Gasteiger partial charge in [0.15, 0.2) is 0 Å². The highest BCUT2D eigenvalue weighted by Crippen LogP contribution is 2.27. The number of benzene rings is 1. The van der Waals surface area contributed by atoms with Crippen molar-refractivity contribution in [3.63, 3.8) is 0 Å². The molecule has 22 heavy (non-hydrogen) atoms. The number of carboxylic acids is 1. The molecule has 1 amide bonds. The van der Waals surface area contributed by atoms with Crippen LogP contribution in [0.3, 0.4) is 0 Å². The van der Waals surface area contributed by atoms with Gasteiger partial charge in [0.05, 0.1) is 5.92 Å². The highest BCUT2D eigenvalue weighted by molar-refractivity contribution is 5.96. The summed E-state index contributed by atoms with van der Waals surface area (Å²) in [7, 11) is 0. The third kappa shape index (κ3) is 3.01. The molecule has 4 nitrogen and oxygen atoms in total. The summed E-state index contributed by atoms with van der Waals surface area (Å²) in [5, 5.41) is 12.4. The molecule has 0 saturated heterocycles. The minimum atomic E-state index is -0.787. The largest absolute Gasteiger partial charge is 0.481 e. The lowest BCUT2D eigenvalue weighted by molar-refractivity contribution is -0.142. The molecule has 4 heteroatoms. The Morgan fingerprint density at radius 3 is 2.68 bits per heavy atom. The van der Waals surface area contributed by atoms with Crippen molar-refractivity contribution in [2.45, 2.75) is 57.4 Å². The third-order valence-electron chi connectivity index (χ3n) is 5.04. The number of carbonyl (C=O) groups is 2. The number of aliphatic carboxylic acids is 1. The van der Waals surface area contributed by atoms with E-state index in [1.807, 2.05) is 12.1 Å². The average molecular weight is 301 g/mol. The molecule has 0 aliphatic heterocycles. The first-order valence-corrected chi connectivity index (χ1v) is 8.31. The Morgan fingerprint density at radius 2 is 1.86 bits per heavy atom. The number of hydrogen-bond donors (Lipinski definition) is 2. The summed E-state index contributed by atoms with van der Waals surface area (Å²) in [6.45, 7) is 0. The number of nitrogens with one attached hydrogen (secondary N) is 1. The molecule has 0 heterocycles. The van der Waals surface area contributed by atoms with Crippen molar-refractivity contribution < 1.29 is 14.7 Å². The average Bonchev–Trinajstić information content (AvgIpc) is 2.86. The molecule has 0 spiro atoms. The van der Waals surface area contributed by atoms with Crippen LogP contribution >= 0.6 is 0 Å². The molecule has 118 valence electrons.